The summed E-state index contributed by atoms with van der Waals surface area (Å²) in [5.41, 5.74) is 13.2. The minimum atomic E-state index is -0.470. The van der Waals surface area contributed by atoms with Crippen LogP contribution in [0.3, 0.4) is 0 Å². The zero-order valence-corrected chi connectivity index (χ0v) is 7.45. The second kappa shape index (κ2) is 3.76. The van der Waals surface area contributed by atoms with Crippen LogP contribution in [0.5, 0.6) is 0 Å². The number of carbonyl (C=O) groups excluding carboxylic acids is 1. The monoisotopic (exact) mass is 176 g/mol. The first-order valence-corrected chi connectivity index (χ1v) is 3.94. The average Bonchev–Trinajstić information content (AvgIpc) is 2.03. The normalized spacial score (nSPS) is 10.5. The molecule has 0 saturated carbocycles. The third kappa shape index (κ3) is 2.33. The van der Waals surface area contributed by atoms with Gasteiger partial charge in [0, 0.05) is 17.3 Å². The first-order chi connectivity index (χ1) is 6.11. The lowest BCUT2D eigenvalue weighted by molar-refractivity contribution is -0.113. The van der Waals surface area contributed by atoms with Crippen LogP contribution in [0.15, 0.2) is 24.3 Å². The summed E-state index contributed by atoms with van der Waals surface area (Å²) in [7, 11) is 0. The minimum Gasteiger partial charge on any atom is -0.398 e. The van der Waals surface area contributed by atoms with Crippen LogP contribution >= 0.6 is 0 Å². The molecule has 3 heteroatoms. The van der Waals surface area contributed by atoms with Crippen molar-refractivity contribution in [3.05, 3.63) is 35.4 Å². The maximum absolute atomic E-state index is 10.5. The molecule has 3 nitrogen and oxygen atoms in total. The van der Waals surface area contributed by atoms with Crippen LogP contribution < -0.4 is 11.5 Å². The van der Waals surface area contributed by atoms with E-state index in [2.05, 4.69) is 0 Å². The van der Waals surface area contributed by atoms with E-state index >= 15 is 0 Å². The minimum absolute atomic E-state index is 0.470. The van der Waals surface area contributed by atoms with E-state index in [1.807, 2.05) is 19.1 Å². The molecule has 0 fully saturated rings. The van der Waals surface area contributed by atoms with Crippen LogP contribution in [0, 0.1) is 6.92 Å². The fourth-order valence-electron chi connectivity index (χ4n) is 1.10. The highest BCUT2D eigenvalue weighted by atomic mass is 16.1. The zero-order chi connectivity index (χ0) is 9.84. The van der Waals surface area contributed by atoms with Gasteiger partial charge in [-0.3, -0.25) is 4.79 Å². The molecular formula is C10H12N2O. The highest BCUT2D eigenvalue weighted by molar-refractivity contribution is 5.91. The second-order valence-corrected chi connectivity index (χ2v) is 2.81. The molecule has 0 aromatic heterocycles. The molecule has 1 aromatic carbocycles. The van der Waals surface area contributed by atoms with Gasteiger partial charge in [0.1, 0.15) is 0 Å². The molecule has 0 aliphatic heterocycles. The Balaban J connectivity index is 3.06. The van der Waals surface area contributed by atoms with Crippen molar-refractivity contribution in [1.29, 1.82) is 0 Å². The highest BCUT2D eigenvalue weighted by Gasteiger charge is 1.97. The zero-order valence-electron chi connectivity index (χ0n) is 7.45. The molecule has 0 saturated heterocycles. The molecule has 0 aliphatic carbocycles. The molecule has 4 N–H and O–H groups in total. The topological polar surface area (TPSA) is 69.1 Å². The van der Waals surface area contributed by atoms with Gasteiger partial charge >= 0.3 is 0 Å². The smallest absolute Gasteiger partial charge is 0.241 e. The second-order valence-electron chi connectivity index (χ2n) is 2.81. The van der Waals surface area contributed by atoms with E-state index in [1.165, 1.54) is 6.08 Å². The molecule has 68 valence electrons. The lowest BCUT2D eigenvalue weighted by atomic mass is 10.1. The lowest BCUT2D eigenvalue weighted by Crippen LogP contribution is -2.05. The van der Waals surface area contributed by atoms with Crippen LogP contribution in [0.25, 0.3) is 6.08 Å². The average molecular weight is 176 g/mol. The van der Waals surface area contributed by atoms with E-state index in [0.29, 0.717) is 5.69 Å². The van der Waals surface area contributed by atoms with Crippen molar-refractivity contribution in [2.24, 2.45) is 5.73 Å². The van der Waals surface area contributed by atoms with E-state index < -0.39 is 5.91 Å². The summed E-state index contributed by atoms with van der Waals surface area (Å²) in [5, 5.41) is 0. The molecule has 0 spiro atoms. The third-order valence-electron chi connectivity index (χ3n) is 1.77. The fraction of sp³-hybridized carbons (Fsp3) is 0.100. The number of benzene rings is 1. The molecule has 0 bridgehead atoms. The number of hydrogen-bond donors (Lipinski definition) is 2. The number of amides is 1. The van der Waals surface area contributed by atoms with Gasteiger partial charge in [-0.05, 0) is 24.6 Å². The molecule has 13 heavy (non-hydrogen) atoms. The summed E-state index contributed by atoms with van der Waals surface area (Å²) in [6.07, 6.45) is 2.94. The van der Waals surface area contributed by atoms with Gasteiger partial charge in [0.05, 0.1) is 0 Å². The van der Waals surface area contributed by atoms with Gasteiger partial charge in [-0.2, -0.15) is 0 Å². The largest absolute Gasteiger partial charge is 0.398 e. The predicted molar refractivity (Wildman–Crippen MR) is 53.8 cm³/mol. The van der Waals surface area contributed by atoms with Crippen molar-refractivity contribution in [3.63, 3.8) is 0 Å². The Morgan fingerprint density at radius 2 is 2.15 bits per heavy atom. The Bertz CT molecular complexity index is 336. The summed E-state index contributed by atoms with van der Waals surface area (Å²) in [5.74, 6) is -0.470. The summed E-state index contributed by atoms with van der Waals surface area (Å²) in [6, 6.07) is 5.58. The molecule has 1 aromatic rings. The number of primary amides is 1. The number of nitrogen functional groups attached to an aromatic ring is 1. The number of nitrogens with two attached hydrogens (primary N) is 2. The maximum Gasteiger partial charge on any atom is 0.241 e. The fourth-order valence-corrected chi connectivity index (χ4v) is 1.10. The standard InChI is InChI=1S/C10H12N2O/c1-7-3-2-4-9(11)8(7)5-6-10(12)13/h2-6H,11H2,1H3,(H2,12,13). The maximum atomic E-state index is 10.5. The number of anilines is 1. The molecule has 1 rings (SSSR count). The van der Waals surface area contributed by atoms with Crippen LogP contribution in [0.2, 0.25) is 0 Å². The summed E-state index contributed by atoms with van der Waals surface area (Å²) in [4.78, 5) is 10.5. The number of hydrogen-bond acceptors (Lipinski definition) is 2. The van der Waals surface area contributed by atoms with Crippen molar-refractivity contribution in [2.45, 2.75) is 6.92 Å². The summed E-state index contributed by atoms with van der Waals surface area (Å²) >= 11 is 0. The van der Waals surface area contributed by atoms with E-state index in [1.54, 1.807) is 12.1 Å². The Hall–Kier alpha value is -1.77. The molecule has 0 unspecified atom stereocenters. The van der Waals surface area contributed by atoms with Crippen LogP contribution in [0.1, 0.15) is 11.1 Å². The van der Waals surface area contributed by atoms with Crippen molar-refractivity contribution < 1.29 is 4.79 Å². The molecule has 0 aliphatic rings. The Morgan fingerprint density at radius 3 is 2.69 bits per heavy atom. The molecule has 1 amide bonds. The predicted octanol–water partition coefficient (Wildman–Crippen LogP) is 1.08. The van der Waals surface area contributed by atoms with Gasteiger partial charge in [0.2, 0.25) is 5.91 Å². The van der Waals surface area contributed by atoms with Crippen molar-refractivity contribution >= 4 is 17.7 Å². The third-order valence-corrected chi connectivity index (χ3v) is 1.77. The Morgan fingerprint density at radius 1 is 1.46 bits per heavy atom. The van der Waals surface area contributed by atoms with Crippen molar-refractivity contribution in [1.82, 2.24) is 0 Å². The Labute approximate surface area is 77.0 Å². The number of carbonyl (C=O) groups is 1. The van der Waals surface area contributed by atoms with Crippen molar-refractivity contribution in [2.75, 3.05) is 5.73 Å². The van der Waals surface area contributed by atoms with Gasteiger partial charge < -0.3 is 11.5 Å². The van der Waals surface area contributed by atoms with Crippen LogP contribution in [-0.4, -0.2) is 5.91 Å². The number of rotatable bonds is 2. The van der Waals surface area contributed by atoms with Gasteiger partial charge in [-0.15, -0.1) is 0 Å². The quantitative estimate of drug-likeness (QED) is 0.523. The van der Waals surface area contributed by atoms with Crippen LogP contribution in [0.4, 0.5) is 5.69 Å². The first-order valence-electron chi connectivity index (χ1n) is 3.94. The van der Waals surface area contributed by atoms with E-state index in [-0.39, 0.29) is 0 Å². The summed E-state index contributed by atoms with van der Waals surface area (Å²) in [6.45, 7) is 1.93. The van der Waals surface area contributed by atoms with Gasteiger partial charge in [0.25, 0.3) is 0 Å². The van der Waals surface area contributed by atoms with Gasteiger partial charge in [0.15, 0.2) is 0 Å². The SMILES string of the molecule is Cc1cccc(N)c1C=CC(N)=O. The number of aryl methyl sites for hydroxylation is 1. The van der Waals surface area contributed by atoms with Crippen LogP contribution in [-0.2, 0) is 4.79 Å². The summed E-state index contributed by atoms with van der Waals surface area (Å²) < 4.78 is 0. The molecule has 0 radical (unpaired) electrons. The molecular weight excluding hydrogens is 164 g/mol. The van der Waals surface area contributed by atoms with Crippen molar-refractivity contribution in [3.8, 4) is 0 Å². The van der Waals surface area contributed by atoms with E-state index in [9.17, 15) is 4.79 Å². The highest BCUT2D eigenvalue weighted by Crippen LogP contribution is 2.17. The molecule has 0 atom stereocenters. The molecule has 0 heterocycles. The van der Waals surface area contributed by atoms with E-state index in [4.69, 9.17) is 11.5 Å². The lowest BCUT2D eigenvalue weighted by Gasteiger charge is -2.02. The van der Waals surface area contributed by atoms with Gasteiger partial charge in [-0.1, -0.05) is 12.1 Å². The first kappa shape index (κ1) is 9.32. The van der Waals surface area contributed by atoms with E-state index in [0.717, 1.165) is 11.1 Å². The van der Waals surface area contributed by atoms with Gasteiger partial charge in [-0.25, -0.2) is 0 Å². The Kier molecular flexibility index (Phi) is 2.69.